The van der Waals surface area contributed by atoms with Gasteiger partial charge in [-0.05, 0) is 18.6 Å². The molecule has 13 heavy (non-hydrogen) atoms. The van der Waals surface area contributed by atoms with Gasteiger partial charge >= 0.3 is 0 Å². The van der Waals surface area contributed by atoms with Crippen molar-refractivity contribution in [1.29, 1.82) is 0 Å². The van der Waals surface area contributed by atoms with Crippen molar-refractivity contribution in [2.45, 2.75) is 6.92 Å². The Morgan fingerprint density at radius 1 is 1.31 bits per heavy atom. The maximum Gasteiger partial charge on any atom is 0.0629 e. The molecule has 0 aliphatic carbocycles. The summed E-state index contributed by atoms with van der Waals surface area (Å²) in [6.45, 7) is 13.0. The van der Waals surface area contributed by atoms with Crippen LogP contribution < -0.4 is 0 Å². The Bertz CT molecular complexity index is 277. The third-order valence-electron chi connectivity index (χ3n) is 1.36. The summed E-state index contributed by atoms with van der Waals surface area (Å²) in [5, 5.41) is 0. The summed E-state index contributed by atoms with van der Waals surface area (Å²) >= 11 is 0. The molecule has 0 aliphatic rings. The van der Waals surface area contributed by atoms with Crippen LogP contribution in [0.1, 0.15) is 6.92 Å². The number of nitrogens with zero attached hydrogens (tertiary/aromatic N) is 1. The van der Waals surface area contributed by atoms with Gasteiger partial charge in [-0.1, -0.05) is 44.0 Å². The normalized spacial score (nSPS) is 12.2. The minimum atomic E-state index is 0.688. The van der Waals surface area contributed by atoms with E-state index in [1.54, 1.807) is 18.4 Å². The van der Waals surface area contributed by atoms with Gasteiger partial charge in [-0.3, -0.25) is 4.99 Å². The molecule has 0 rings (SSSR count). The molecule has 0 N–H and O–H groups in total. The van der Waals surface area contributed by atoms with E-state index in [1.165, 1.54) is 0 Å². The first-order valence-corrected chi connectivity index (χ1v) is 4.06. The topological polar surface area (TPSA) is 12.4 Å². The Labute approximate surface area is 80.2 Å². The first-order chi connectivity index (χ1) is 6.26. The fraction of sp³-hybridized carbons (Fsp3) is 0.0833. The molecule has 0 spiro atoms. The van der Waals surface area contributed by atoms with E-state index in [0.29, 0.717) is 5.70 Å². The minimum absolute atomic E-state index is 0.688. The van der Waals surface area contributed by atoms with Crippen LogP contribution in [0.5, 0.6) is 0 Å². The molecule has 0 aromatic rings. The van der Waals surface area contributed by atoms with Crippen LogP contribution in [0.15, 0.2) is 66.4 Å². The van der Waals surface area contributed by atoms with E-state index in [1.807, 2.05) is 25.2 Å². The fourth-order valence-electron chi connectivity index (χ4n) is 0.703. The molecule has 0 saturated heterocycles. The minimum Gasteiger partial charge on any atom is -0.257 e. The van der Waals surface area contributed by atoms with Gasteiger partial charge in [0.25, 0.3) is 0 Å². The second-order valence-electron chi connectivity index (χ2n) is 2.31. The maximum atomic E-state index is 4.11. The number of hydrogen-bond acceptors (Lipinski definition) is 1. The standard InChI is InChI=1S/C12H15N/c1-5-8-10-13-11(4)12(7-3)9-6-2/h5-10H,2-4H2,1H3/b8-5-,12-9+,13-10?. The van der Waals surface area contributed by atoms with Crippen LogP contribution in [-0.2, 0) is 0 Å². The molecule has 0 fully saturated rings. The molecule has 0 radical (unpaired) electrons. The molecule has 1 heteroatoms. The molecular weight excluding hydrogens is 158 g/mol. The summed E-state index contributed by atoms with van der Waals surface area (Å²) < 4.78 is 0. The van der Waals surface area contributed by atoms with Gasteiger partial charge in [0.15, 0.2) is 0 Å². The molecular formula is C12H15N. The molecule has 0 aliphatic heterocycles. The highest BCUT2D eigenvalue weighted by atomic mass is 14.7. The summed E-state index contributed by atoms with van der Waals surface area (Å²) in [5.74, 6) is 0. The molecule has 0 atom stereocenters. The zero-order chi connectivity index (χ0) is 10.1. The largest absolute Gasteiger partial charge is 0.257 e. The lowest BCUT2D eigenvalue weighted by Gasteiger charge is -1.97. The third kappa shape index (κ3) is 4.75. The van der Waals surface area contributed by atoms with Crippen molar-refractivity contribution in [3.8, 4) is 0 Å². The molecule has 0 amide bonds. The molecule has 0 unspecified atom stereocenters. The van der Waals surface area contributed by atoms with Gasteiger partial charge in [-0.15, -0.1) is 0 Å². The molecule has 0 bridgehead atoms. The lowest BCUT2D eigenvalue weighted by Crippen LogP contribution is -1.80. The number of aliphatic imine (C=N–C) groups is 1. The summed E-state index contributed by atoms with van der Waals surface area (Å²) in [4.78, 5) is 4.11. The summed E-state index contributed by atoms with van der Waals surface area (Å²) in [5.41, 5.74) is 1.57. The smallest absolute Gasteiger partial charge is 0.0629 e. The van der Waals surface area contributed by atoms with Gasteiger partial charge in [0.05, 0.1) is 5.70 Å². The highest BCUT2D eigenvalue weighted by Gasteiger charge is 1.92. The molecule has 1 nitrogen and oxygen atoms in total. The van der Waals surface area contributed by atoms with E-state index in [4.69, 9.17) is 0 Å². The van der Waals surface area contributed by atoms with Crippen molar-refractivity contribution in [2.24, 2.45) is 4.99 Å². The van der Waals surface area contributed by atoms with Gasteiger partial charge in [-0.25, -0.2) is 0 Å². The summed E-state index contributed by atoms with van der Waals surface area (Å²) in [7, 11) is 0. The SMILES string of the molecule is C=C/C=C(\C=C)C(=C)N=C/C=C\C. The van der Waals surface area contributed by atoms with Crippen molar-refractivity contribution < 1.29 is 0 Å². The van der Waals surface area contributed by atoms with Crippen molar-refractivity contribution >= 4 is 6.21 Å². The lowest BCUT2D eigenvalue weighted by molar-refractivity contribution is 1.38. The van der Waals surface area contributed by atoms with E-state index in [-0.39, 0.29) is 0 Å². The van der Waals surface area contributed by atoms with Crippen molar-refractivity contribution in [3.05, 3.63) is 61.4 Å². The molecule has 0 saturated carbocycles. The Kier molecular flexibility index (Phi) is 6.16. The first-order valence-electron chi connectivity index (χ1n) is 4.06. The fourth-order valence-corrected chi connectivity index (χ4v) is 0.703. The monoisotopic (exact) mass is 173 g/mol. The van der Waals surface area contributed by atoms with Crippen LogP contribution in [0.25, 0.3) is 0 Å². The number of rotatable bonds is 5. The highest BCUT2D eigenvalue weighted by Crippen LogP contribution is 2.09. The number of allylic oxidation sites excluding steroid dienone is 5. The average Bonchev–Trinajstić information content (AvgIpc) is 2.14. The molecule has 0 aromatic heterocycles. The third-order valence-corrected chi connectivity index (χ3v) is 1.36. The Balaban J connectivity index is 4.48. The van der Waals surface area contributed by atoms with Crippen LogP contribution in [0.4, 0.5) is 0 Å². The second kappa shape index (κ2) is 7.04. The van der Waals surface area contributed by atoms with Crippen LogP contribution in [0, 0.1) is 0 Å². The van der Waals surface area contributed by atoms with Crippen molar-refractivity contribution in [2.75, 3.05) is 0 Å². The zero-order valence-corrected chi connectivity index (χ0v) is 8.03. The zero-order valence-electron chi connectivity index (χ0n) is 8.03. The van der Waals surface area contributed by atoms with E-state index in [0.717, 1.165) is 5.57 Å². The van der Waals surface area contributed by atoms with E-state index >= 15 is 0 Å². The van der Waals surface area contributed by atoms with Gasteiger partial charge in [0, 0.05) is 6.21 Å². The van der Waals surface area contributed by atoms with Crippen LogP contribution in [-0.4, -0.2) is 6.21 Å². The predicted molar refractivity (Wildman–Crippen MR) is 60.9 cm³/mol. The van der Waals surface area contributed by atoms with Crippen LogP contribution in [0.3, 0.4) is 0 Å². The van der Waals surface area contributed by atoms with Gasteiger partial charge in [0.1, 0.15) is 0 Å². The average molecular weight is 173 g/mol. The second-order valence-corrected chi connectivity index (χ2v) is 2.31. The van der Waals surface area contributed by atoms with E-state index in [2.05, 4.69) is 24.7 Å². The Morgan fingerprint density at radius 3 is 2.46 bits per heavy atom. The maximum absolute atomic E-state index is 4.11. The van der Waals surface area contributed by atoms with Crippen molar-refractivity contribution in [3.63, 3.8) is 0 Å². The van der Waals surface area contributed by atoms with Crippen molar-refractivity contribution in [1.82, 2.24) is 0 Å². The quantitative estimate of drug-likeness (QED) is 0.446. The molecule has 0 aromatic carbocycles. The lowest BCUT2D eigenvalue weighted by atomic mass is 10.2. The van der Waals surface area contributed by atoms with Gasteiger partial charge < -0.3 is 0 Å². The first kappa shape index (κ1) is 11.4. The Morgan fingerprint density at radius 2 is 2.00 bits per heavy atom. The van der Waals surface area contributed by atoms with E-state index in [9.17, 15) is 0 Å². The molecule has 0 heterocycles. The van der Waals surface area contributed by atoms with Crippen LogP contribution in [0.2, 0.25) is 0 Å². The summed E-state index contributed by atoms with van der Waals surface area (Å²) in [6, 6.07) is 0. The number of hydrogen-bond donors (Lipinski definition) is 0. The molecule has 68 valence electrons. The highest BCUT2D eigenvalue weighted by molar-refractivity contribution is 5.72. The van der Waals surface area contributed by atoms with Gasteiger partial charge in [-0.2, -0.15) is 0 Å². The van der Waals surface area contributed by atoms with Crippen LogP contribution >= 0.6 is 0 Å². The van der Waals surface area contributed by atoms with E-state index < -0.39 is 0 Å². The predicted octanol–water partition coefficient (Wildman–Crippen LogP) is 3.45. The van der Waals surface area contributed by atoms with Gasteiger partial charge in [0.2, 0.25) is 0 Å². The Hall–Kier alpha value is -1.63. The summed E-state index contributed by atoms with van der Waals surface area (Å²) in [6.07, 6.45) is 10.7.